The third kappa shape index (κ3) is 4.48. The molecule has 1 N–H and O–H groups in total. The molecule has 4 rings (SSSR count). The zero-order chi connectivity index (χ0) is 22.0. The summed E-state index contributed by atoms with van der Waals surface area (Å²) in [7, 11) is 5.06. The van der Waals surface area contributed by atoms with Crippen LogP contribution in [0.2, 0.25) is 0 Å². The zero-order valence-electron chi connectivity index (χ0n) is 18.9. The second-order valence-corrected chi connectivity index (χ2v) is 8.90. The standard InChI is InChI=1S/C24H34N4O3/c1-26(2)23(29)20-16-27(14-11-25-20)12-6-13-28-21-8-5-4-7-18(21)19-15-17(24(30)31-3)9-10-22(19)28/h9-10,15,20,25H,4-8,11-14,16H2,1-3H3. The molecule has 1 aliphatic heterocycles. The first kappa shape index (κ1) is 21.8. The summed E-state index contributed by atoms with van der Waals surface area (Å²) in [5.41, 5.74) is 4.69. The highest BCUT2D eigenvalue weighted by Gasteiger charge is 2.26. The Morgan fingerprint density at radius 2 is 2.00 bits per heavy atom. The molecule has 1 aromatic carbocycles. The van der Waals surface area contributed by atoms with E-state index in [1.807, 2.05) is 26.2 Å². The fourth-order valence-electron chi connectivity index (χ4n) is 5.08. The topological polar surface area (TPSA) is 66.8 Å². The molecule has 168 valence electrons. The van der Waals surface area contributed by atoms with Crippen LogP contribution in [0.1, 0.15) is 40.9 Å². The summed E-state index contributed by atoms with van der Waals surface area (Å²) in [5.74, 6) is -0.128. The smallest absolute Gasteiger partial charge is 0.337 e. The summed E-state index contributed by atoms with van der Waals surface area (Å²) in [6.45, 7) is 4.53. The summed E-state index contributed by atoms with van der Waals surface area (Å²) in [5, 5.41) is 4.55. The number of hydrogen-bond acceptors (Lipinski definition) is 5. The van der Waals surface area contributed by atoms with E-state index in [9.17, 15) is 9.59 Å². The van der Waals surface area contributed by atoms with Crippen LogP contribution in [0.5, 0.6) is 0 Å². The Hall–Kier alpha value is -2.38. The molecule has 2 heterocycles. The molecular formula is C24H34N4O3. The summed E-state index contributed by atoms with van der Waals surface area (Å²) in [6, 6.07) is 5.86. The van der Waals surface area contributed by atoms with Gasteiger partial charge in [-0.2, -0.15) is 0 Å². The molecule has 0 spiro atoms. The normalized spacial score (nSPS) is 19.3. The van der Waals surface area contributed by atoms with Crippen LogP contribution >= 0.6 is 0 Å². The van der Waals surface area contributed by atoms with Gasteiger partial charge in [0.25, 0.3) is 0 Å². The molecule has 0 bridgehead atoms. The number of ether oxygens (including phenoxy) is 1. The molecule has 1 unspecified atom stereocenters. The molecule has 7 heteroatoms. The number of nitrogens with one attached hydrogen (secondary N) is 1. The van der Waals surface area contributed by atoms with Gasteiger partial charge in [0.05, 0.1) is 18.7 Å². The van der Waals surface area contributed by atoms with Crippen LogP contribution in [0.3, 0.4) is 0 Å². The number of piperazine rings is 1. The molecule has 2 aromatic rings. The van der Waals surface area contributed by atoms with E-state index in [1.165, 1.54) is 42.1 Å². The van der Waals surface area contributed by atoms with Gasteiger partial charge >= 0.3 is 5.97 Å². The first-order chi connectivity index (χ1) is 15.0. The van der Waals surface area contributed by atoms with Crippen LogP contribution in [-0.2, 0) is 28.9 Å². The van der Waals surface area contributed by atoms with E-state index in [4.69, 9.17) is 4.74 Å². The molecule has 1 atom stereocenters. The maximum absolute atomic E-state index is 12.3. The van der Waals surface area contributed by atoms with Gasteiger partial charge in [0, 0.05) is 56.9 Å². The van der Waals surface area contributed by atoms with Crippen LogP contribution in [0.25, 0.3) is 10.9 Å². The Balaban J connectivity index is 1.48. The molecule has 2 aliphatic rings. The third-order valence-corrected chi connectivity index (χ3v) is 6.65. The van der Waals surface area contributed by atoms with Crippen LogP contribution in [-0.4, -0.2) is 79.7 Å². The monoisotopic (exact) mass is 426 g/mol. The van der Waals surface area contributed by atoms with Gasteiger partial charge in [0.1, 0.15) is 0 Å². The van der Waals surface area contributed by atoms with Gasteiger partial charge in [-0.1, -0.05) is 0 Å². The predicted molar refractivity (Wildman–Crippen MR) is 121 cm³/mol. The van der Waals surface area contributed by atoms with E-state index in [-0.39, 0.29) is 17.9 Å². The van der Waals surface area contributed by atoms with Crippen LogP contribution < -0.4 is 5.32 Å². The van der Waals surface area contributed by atoms with Gasteiger partial charge < -0.3 is 19.5 Å². The second kappa shape index (κ2) is 9.40. The number of carbonyl (C=O) groups excluding carboxylic acids is 2. The minimum absolute atomic E-state index is 0.110. The van der Waals surface area contributed by atoms with Crippen LogP contribution in [0, 0.1) is 0 Å². The molecule has 31 heavy (non-hydrogen) atoms. The van der Waals surface area contributed by atoms with Crippen molar-refractivity contribution in [2.45, 2.75) is 44.7 Å². The number of fused-ring (bicyclic) bond motifs is 3. The van der Waals surface area contributed by atoms with Gasteiger partial charge in [-0.25, -0.2) is 4.79 Å². The largest absolute Gasteiger partial charge is 0.465 e. The Morgan fingerprint density at radius 3 is 2.77 bits per heavy atom. The number of aromatic nitrogens is 1. The number of amides is 1. The molecule has 7 nitrogen and oxygen atoms in total. The van der Waals surface area contributed by atoms with Crippen molar-refractivity contribution >= 4 is 22.8 Å². The van der Waals surface area contributed by atoms with Crippen molar-refractivity contribution < 1.29 is 14.3 Å². The van der Waals surface area contributed by atoms with Gasteiger partial charge in [0.2, 0.25) is 5.91 Å². The molecule has 1 saturated heterocycles. The average Bonchev–Trinajstić information content (AvgIpc) is 3.11. The van der Waals surface area contributed by atoms with Gasteiger partial charge in [-0.15, -0.1) is 0 Å². The Labute approximate surface area is 184 Å². The van der Waals surface area contributed by atoms with Crippen molar-refractivity contribution in [2.24, 2.45) is 0 Å². The first-order valence-corrected chi connectivity index (χ1v) is 11.4. The summed E-state index contributed by atoms with van der Waals surface area (Å²) < 4.78 is 7.39. The van der Waals surface area contributed by atoms with Crippen molar-refractivity contribution in [1.82, 2.24) is 19.7 Å². The maximum Gasteiger partial charge on any atom is 0.337 e. The highest BCUT2D eigenvalue weighted by atomic mass is 16.5. The average molecular weight is 427 g/mol. The molecule has 0 radical (unpaired) electrons. The number of benzene rings is 1. The second-order valence-electron chi connectivity index (χ2n) is 8.90. The molecular weight excluding hydrogens is 392 g/mol. The number of rotatable bonds is 6. The number of likely N-dealkylation sites (N-methyl/N-ethyl adjacent to an activating group) is 1. The van der Waals surface area contributed by atoms with Gasteiger partial charge in [-0.05, 0) is 62.4 Å². The van der Waals surface area contributed by atoms with E-state index in [1.54, 1.807) is 4.90 Å². The van der Waals surface area contributed by atoms with Crippen molar-refractivity contribution in [2.75, 3.05) is 47.4 Å². The van der Waals surface area contributed by atoms with E-state index >= 15 is 0 Å². The molecule has 1 fully saturated rings. The van der Waals surface area contributed by atoms with Crippen molar-refractivity contribution in [3.63, 3.8) is 0 Å². The molecule has 1 amide bonds. The number of hydrogen-bond donors (Lipinski definition) is 1. The molecule has 1 aliphatic carbocycles. The highest BCUT2D eigenvalue weighted by molar-refractivity contribution is 5.96. The summed E-state index contributed by atoms with van der Waals surface area (Å²) in [6.07, 6.45) is 5.65. The van der Waals surface area contributed by atoms with E-state index < -0.39 is 0 Å². The lowest BCUT2D eigenvalue weighted by Crippen LogP contribution is -2.56. The Bertz CT molecular complexity index is 965. The highest BCUT2D eigenvalue weighted by Crippen LogP contribution is 2.33. The lowest BCUT2D eigenvalue weighted by molar-refractivity contribution is -0.132. The van der Waals surface area contributed by atoms with Crippen molar-refractivity contribution in [1.29, 1.82) is 0 Å². The van der Waals surface area contributed by atoms with Gasteiger partial charge in [0.15, 0.2) is 0 Å². The Kier molecular flexibility index (Phi) is 6.62. The van der Waals surface area contributed by atoms with Crippen molar-refractivity contribution in [3.05, 3.63) is 35.0 Å². The minimum Gasteiger partial charge on any atom is -0.465 e. The molecule has 0 saturated carbocycles. The van der Waals surface area contributed by atoms with Gasteiger partial charge in [-0.3, -0.25) is 9.69 Å². The first-order valence-electron chi connectivity index (χ1n) is 11.4. The SMILES string of the molecule is COC(=O)c1ccc2c(c1)c1c(n2CCCN2CCNC(C(=O)N(C)C)C2)CCCC1. The van der Waals surface area contributed by atoms with E-state index in [0.717, 1.165) is 52.0 Å². The number of aryl methyl sites for hydroxylation is 2. The van der Waals surface area contributed by atoms with Crippen LogP contribution in [0.15, 0.2) is 18.2 Å². The number of methoxy groups -OCH3 is 1. The maximum atomic E-state index is 12.3. The van der Waals surface area contributed by atoms with Crippen molar-refractivity contribution in [3.8, 4) is 0 Å². The predicted octanol–water partition coefficient (Wildman–Crippen LogP) is 2.06. The van der Waals surface area contributed by atoms with E-state index in [2.05, 4.69) is 20.9 Å². The lowest BCUT2D eigenvalue weighted by atomic mass is 9.95. The number of nitrogens with zero attached hydrogens (tertiary/aromatic N) is 3. The number of carbonyl (C=O) groups is 2. The lowest BCUT2D eigenvalue weighted by Gasteiger charge is -2.34. The summed E-state index contributed by atoms with van der Waals surface area (Å²) >= 11 is 0. The minimum atomic E-state index is -0.278. The quantitative estimate of drug-likeness (QED) is 0.717. The Morgan fingerprint density at radius 1 is 1.19 bits per heavy atom. The number of esters is 1. The van der Waals surface area contributed by atoms with Crippen LogP contribution in [0.4, 0.5) is 0 Å². The van der Waals surface area contributed by atoms with E-state index in [0.29, 0.717) is 5.56 Å². The molecule has 1 aromatic heterocycles. The fourth-order valence-corrected chi connectivity index (χ4v) is 5.08. The fraction of sp³-hybridized carbons (Fsp3) is 0.583. The third-order valence-electron chi connectivity index (χ3n) is 6.65. The zero-order valence-corrected chi connectivity index (χ0v) is 18.9. The summed E-state index contributed by atoms with van der Waals surface area (Å²) in [4.78, 5) is 28.4.